The van der Waals surface area contributed by atoms with E-state index in [9.17, 15) is 4.79 Å². The number of rotatable bonds is 9. The fraction of sp³-hybridized carbons (Fsp3) is 0.588. The highest BCUT2D eigenvalue weighted by Crippen LogP contribution is 2.09. The Hall–Kier alpha value is -1.35. The van der Waals surface area contributed by atoms with E-state index in [1.54, 1.807) is 0 Å². The summed E-state index contributed by atoms with van der Waals surface area (Å²) in [6, 6.07) is 7.47. The molecule has 0 unspecified atom stereocenters. The summed E-state index contributed by atoms with van der Waals surface area (Å²) < 4.78 is 0. The number of benzene rings is 1. The van der Waals surface area contributed by atoms with Gasteiger partial charge in [-0.2, -0.15) is 0 Å². The second-order valence-corrected chi connectivity index (χ2v) is 5.75. The highest BCUT2D eigenvalue weighted by Gasteiger charge is 2.04. The number of unbranched alkanes of at least 4 members (excludes halogenated alkanes) is 3. The SMILES string of the molecule is CC(C)CCCCCCNC(=O)c1ccc(CN)cc1. The zero-order valence-corrected chi connectivity index (χ0v) is 12.8. The molecular weight excluding hydrogens is 248 g/mol. The summed E-state index contributed by atoms with van der Waals surface area (Å²) >= 11 is 0. The Morgan fingerprint density at radius 1 is 1.10 bits per heavy atom. The van der Waals surface area contributed by atoms with Gasteiger partial charge in [0.25, 0.3) is 5.91 Å². The van der Waals surface area contributed by atoms with Crippen LogP contribution in [0.4, 0.5) is 0 Å². The summed E-state index contributed by atoms with van der Waals surface area (Å²) in [5, 5.41) is 2.97. The molecule has 20 heavy (non-hydrogen) atoms. The van der Waals surface area contributed by atoms with Crippen LogP contribution in [0.5, 0.6) is 0 Å². The quantitative estimate of drug-likeness (QED) is 0.678. The molecule has 0 saturated heterocycles. The largest absolute Gasteiger partial charge is 0.352 e. The molecule has 0 bridgehead atoms. The molecule has 0 spiro atoms. The van der Waals surface area contributed by atoms with E-state index in [0.29, 0.717) is 12.1 Å². The lowest BCUT2D eigenvalue weighted by Gasteiger charge is -2.07. The lowest BCUT2D eigenvalue weighted by molar-refractivity contribution is 0.0953. The number of amides is 1. The summed E-state index contributed by atoms with van der Waals surface area (Å²) in [4.78, 5) is 11.9. The number of carbonyl (C=O) groups excluding carboxylic acids is 1. The normalized spacial score (nSPS) is 10.8. The van der Waals surface area contributed by atoms with Gasteiger partial charge in [0.05, 0.1) is 0 Å². The molecule has 1 aromatic carbocycles. The standard InChI is InChI=1S/C17H28N2O/c1-14(2)7-5-3-4-6-12-19-17(20)16-10-8-15(13-18)9-11-16/h8-11,14H,3-7,12-13,18H2,1-2H3,(H,19,20). The van der Waals surface area contributed by atoms with Gasteiger partial charge in [0, 0.05) is 18.7 Å². The molecule has 0 fully saturated rings. The minimum Gasteiger partial charge on any atom is -0.352 e. The first kappa shape index (κ1) is 16.7. The predicted octanol–water partition coefficient (Wildman–Crippen LogP) is 3.48. The second kappa shape index (κ2) is 9.54. The molecule has 1 amide bonds. The molecule has 0 aliphatic rings. The van der Waals surface area contributed by atoms with Gasteiger partial charge in [-0.25, -0.2) is 0 Å². The van der Waals surface area contributed by atoms with Crippen LogP contribution in [0.2, 0.25) is 0 Å². The summed E-state index contributed by atoms with van der Waals surface area (Å²) in [5.74, 6) is 0.807. The zero-order valence-electron chi connectivity index (χ0n) is 12.8. The molecule has 3 heteroatoms. The monoisotopic (exact) mass is 276 g/mol. The number of nitrogens with two attached hydrogens (primary N) is 1. The fourth-order valence-electron chi connectivity index (χ4n) is 2.13. The van der Waals surface area contributed by atoms with Crippen molar-refractivity contribution in [2.24, 2.45) is 11.7 Å². The predicted molar refractivity (Wildman–Crippen MR) is 84.6 cm³/mol. The maximum Gasteiger partial charge on any atom is 0.251 e. The Balaban J connectivity index is 2.13. The van der Waals surface area contributed by atoms with Gasteiger partial charge in [-0.1, -0.05) is 51.7 Å². The first-order valence-corrected chi connectivity index (χ1v) is 7.70. The van der Waals surface area contributed by atoms with Crippen molar-refractivity contribution in [1.82, 2.24) is 5.32 Å². The highest BCUT2D eigenvalue weighted by molar-refractivity contribution is 5.94. The van der Waals surface area contributed by atoms with Gasteiger partial charge in [-0.3, -0.25) is 4.79 Å². The van der Waals surface area contributed by atoms with Gasteiger partial charge >= 0.3 is 0 Å². The van der Waals surface area contributed by atoms with Crippen LogP contribution in [0, 0.1) is 5.92 Å². The summed E-state index contributed by atoms with van der Waals surface area (Å²) in [7, 11) is 0. The van der Waals surface area contributed by atoms with Crippen LogP contribution >= 0.6 is 0 Å². The Bertz CT molecular complexity index is 384. The van der Waals surface area contributed by atoms with Crippen molar-refractivity contribution in [1.29, 1.82) is 0 Å². The van der Waals surface area contributed by atoms with E-state index < -0.39 is 0 Å². The minimum atomic E-state index is 0.00996. The second-order valence-electron chi connectivity index (χ2n) is 5.75. The average molecular weight is 276 g/mol. The summed E-state index contributed by atoms with van der Waals surface area (Å²) in [5.41, 5.74) is 7.29. The van der Waals surface area contributed by atoms with Crippen molar-refractivity contribution < 1.29 is 4.79 Å². The van der Waals surface area contributed by atoms with E-state index in [4.69, 9.17) is 5.73 Å². The van der Waals surface area contributed by atoms with Gasteiger partial charge in [-0.15, -0.1) is 0 Å². The van der Waals surface area contributed by atoms with Crippen LogP contribution < -0.4 is 11.1 Å². The third kappa shape index (κ3) is 6.71. The molecule has 0 aromatic heterocycles. The minimum absolute atomic E-state index is 0.00996. The van der Waals surface area contributed by atoms with E-state index in [0.717, 1.165) is 24.4 Å². The van der Waals surface area contributed by atoms with Crippen LogP contribution in [0.1, 0.15) is 61.9 Å². The van der Waals surface area contributed by atoms with Crippen LogP contribution in [0.15, 0.2) is 24.3 Å². The molecule has 0 heterocycles. The Morgan fingerprint density at radius 2 is 1.75 bits per heavy atom. The Kier molecular flexibility index (Phi) is 7.97. The van der Waals surface area contributed by atoms with Gasteiger partial charge in [0.15, 0.2) is 0 Å². The van der Waals surface area contributed by atoms with E-state index in [2.05, 4.69) is 19.2 Å². The van der Waals surface area contributed by atoms with E-state index in [-0.39, 0.29) is 5.91 Å². The number of nitrogens with one attached hydrogen (secondary N) is 1. The Morgan fingerprint density at radius 3 is 2.35 bits per heavy atom. The van der Waals surface area contributed by atoms with Gasteiger partial charge in [-0.05, 0) is 30.0 Å². The number of hydrogen-bond acceptors (Lipinski definition) is 2. The maximum atomic E-state index is 11.9. The molecular formula is C17H28N2O. The number of hydrogen-bond donors (Lipinski definition) is 2. The molecule has 0 aliphatic carbocycles. The van der Waals surface area contributed by atoms with Crippen molar-refractivity contribution in [3.05, 3.63) is 35.4 Å². The van der Waals surface area contributed by atoms with Crippen molar-refractivity contribution in [2.75, 3.05) is 6.54 Å². The first-order valence-electron chi connectivity index (χ1n) is 7.70. The molecule has 3 nitrogen and oxygen atoms in total. The number of carbonyl (C=O) groups is 1. The van der Waals surface area contributed by atoms with Crippen LogP contribution in [0.25, 0.3) is 0 Å². The topological polar surface area (TPSA) is 55.1 Å². The molecule has 1 rings (SSSR count). The van der Waals surface area contributed by atoms with Crippen LogP contribution in [-0.2, 0) is 6.54 Å². The molecule has 1 aromatic rings. The summed E-state index contributed by atoms with van der Waals surface area (Å²) in [6.45, 7) is 5.80. The van der Waals surface area contributed by atoms with Gasteiger partial charge in [0.1, 0.15) is 0 Å². The summed E-state index contributed by atoms with van der Waals surface area (Å²) in [6.07, 6.45) is 6.12. The fourth-order valence-corrected chi connectivity index (χ4v) is 2.13. The van der Waals surface area contributed by atoms with E-state index >= 15 is 0 Å². The zero-order chi connectivity index (χ0) is 14.8. The van der Waals surface area contributed by atoms with Gasteiger partial charge < -0.3 is 11.1 Å². The maximum absolute atomic E-state index is 11.9. The third-order valence-corrected chi connectivity index (χ3v) is 3.45. The molecule has 0 radical (unpaired) electrons. The lowest BCUT2D eigenvalue weighted by atomic mass is 10.0. The smallest absolute Gasteiger partial charge is 0.251 e. The van der Waals surface area contributed by atoms with Crippen molar-refractivity contribution in [3.63, 3.8) is 0 Å². The first-order chi connectivity index (χ1) is 9.63. The molecule has 112 valence electrons. The molecule has 0 atom stereocenters. The van der Waals surface area contributed by atoms with Crippen molar-refractivity contribution in [3.8, 4) is 0 Å². The lowest BCUT2D eigenvalue weighted by Crippen LogP contribution is -2.24. The van der Waals surface area contributed by atoms with Crippen LogP contribution in [-0.4, -0.2) is 12.5 Å². The molecule has 3 N–H and O–H groups in total. The van der Waals surface area contributed by atoms with Crippen molar-refractivity contribution in [2.45, 2.75) is 52.5 Å². The Labute approximate surface area is 122 Å². The molecule has 0 aliphatic heterocycles. The van der Waals surface area contributed by atoms with Crippen molar-refractivity contribution >= 4 is 5.91 Å². The van der Waals surface area contributed by atoms with Crippen LogP contribution in [0.3, 0.4) is 0 Å². The van der Waals surface area contributed by atoms with E-state index in [1.165, 1.54) is 25.7 Å². The molecule has 0 saturated carbocycles. The average Bonchev–Trinajstić information content (AvgIpc) is 2.45. The van der Waals surface area contributed by atoms with Gasteiger partial charge in [0.2, 0.25) is 0 Å². The highest BCUT2D eigenvalue weighted by atomic mass is 16.1. The van der Waals surface area contributed by atoms with E-state index in [1.807, 2.05) is 24.3 Å². The third-order valence-electron chi connectivity index (χ3n) is 3.45.